The highest BCUT2D eigenvalue weighted by Crippen LogP contribution is 2.40. The maximum atomic E-state index is 12.1. The molecule has 0 aromatic rings. The molecule has 0 aromatic carbocycles. The minimum absolute atomic E-state index is 0.117. The third-order valence-electron chi connectivity index (χ3n) is 5.03. The number of nitrogens with one attached hydrogen (secondary N) is 1. The van der Waals surface area contributed by atoms with Crippen molar-refractivity contribution in [1.82, 2.24) is 5.32 Å². The van der Waals surface area contributed by atoms with Gasteiger partial charge >= 0.3 is 0 Å². The Morgan fingerprint density at radius 1 is 1.32 bits per heavy atom. The van der Waals surface area contributed by atoms with Gasteiger partial charge in [-0.05, 0) is 56.8 Å². The van der Waals surface area contributed by atoms with Gasteiger partial charge < -0.3 is 16.2 Å². The van der Waals surface area contributed by atoms with Crippen LogP contribution in [0.4, 0.5) is 0 Å². The Kier molecular flexibility index (Phi) is 3.69. The van der Waals surface area contributed by atoms with Crippen molar-refractivity contribution in [3.63, 3.8) is 0 Å². The number of hydrogen-bond donors (Lipinski definition) is 3. The first kappa shape index (κ1) is 14.8. The Morgan fingerprint density at radius 3 is 2.32 bits per heavy atom. The lowest BCUT2D eigenvalue weighted by Crippen LogP contribution is -2.56. The highest BCUT2D eigenvalue weighted by atomic mass is 16.3. The van der Waals surface area contributed by atoms with Gasteiger partial charge in [0, 0.05) is 6.54 Å². The van der Waals surface area contributed by atoms with Gasteiger partial charge in [0.2, 0.25) is 5.91 Å². The van der Waals surface area contributed by atoms with Gasteiger partial charge in [-0.3, -0.25) is 4.79 Å². The Labute approximate surface area is 116 Å². The van der Waals surface area contributed by atoms with Crippen molar-refractivity contribution in [2.24, 2.45) is 17.1 Å². The number of hydrogen-bond acceptors (Lipinski definition) is 3. The molecule has 1 unspecified atom stereocenters. The minimum atomic E-state index is -0.774. The number of amides is 1. The van der Waals surface area contributed by atoms with Gasteiger partial charge in [0.15, 0.2) is 0 Å². The number of aliphatic hydroxyl groups is 1. The summed E-state index contributed by atoms with van der Waals surface area (Å²) in [6.45, 7) is 6.60. The smallest absolute Gasteiger partial charge is 0.240 e. The van der Waals surface area contributed by atoms with E-state index in [9.17, 15) is 9.90 Å². The highest BCUT2D eigenvalue weighted by Gasteiger charge is 2.45. The zero-order valence-electron chi connectivity index (χ0n) is 12.5. The fourth-order valence-corrected chi connectivity index (χ4v) is 2.87. The molecule has 19 heavy (non-hydrogen) atoms. The maximum absolute atomic E-state index is 12.1. The molecule has 4 N–H and O–H groups in total. The van der Waals surface area contributed by atoms with E-state index in [0.717, 1.165) is 38.5 Å². The van der Waals surface area contributed by atoms with Crippen molar-refractivity contribution in [3.8, 4) is 0 Å². The molecule has 0 aromatic heterocycles. The Hall–Kier alpha value is -0.610. The molecular weight excluding hydrogens is 240 g/mol. The average molecular weight is 268 g/mol. The minimum Gasteiger partial charge on any atom is -0.388 e. The van der Waals surface area contributed by atoms with Crippen LogP contribution in [0.25, 0.3) is 0 Å². The molecule has 1 amide bonds. The van der Waals surface area contributed by atoms with Crippen LogP contribution >= 0.6 is 0 Å². The second-order valence-corrected chi connectivity index (χ2v) is 7.63. The summed E-state index contributed by atoms with van der Waals surface area (Å²) in [4.78, 5) is 12.1. The summed E-state index contributed by atoms with van der Waals surface area (Å²) < 4.78 is 0. The van der Waals surface area contributed by atoms with Gasteiger partial charge in [-0.1, -0.05) is 13.8 Å². The van der Waals surface area contributed by atoms with E-state index in [1.54, 1.807) is 6.92 Å². The lowest BCUT2D eigenvalue weighted by atomic mass is 9.71. The summed E-state index contributed by atoms with van der Waals surface area (Å²) in [7, 11) is 0. The standard InChI is InChI=1S/C15H28N2O2/c1-13(2)6-8-15(19,9-7-13)10-17-12(18)14(3,16)11-4-5-11/h11,19H,4-10,16H2,1-3H3,(H,17,18). The molecule has 2 aliphatic carbocycles. The largest absolute Gasteiger partial charge is 0.388 e. The van der Waals surface area contributed by atoms with Gasteiger partial charge in [-0.25, -0.2) is 0 Å². The van der Waals surface area contributed by atoms with E-state index in [-0.39, 0.29) is 5.91 Å². The molecule has 4 heteroatoms. The SMILES string of the molecule is CC1(C)CCC(O)(CNC(=O)C(C)(N)C2CC2)CC1. The van der Waals surface area contributed by atoms with Crippen molar-refractivity contribution in [3.05, 3.63) is 0 Å². The molecule has 0 saturated heterocycles. The van der Waals surface area contributed by atoms with Crippen LogP contribution in [0.3, 0.4) is 0 Å². The Morgan fingerprint density at radius 2 is 1.84 bits per heavy atom. The van der Waals surface area contributed by atoms with Crippen LogP contribution in [0.5, 0.6) is 0 Å². The summed E-state index contributed by atoms with van der Waals surface area (Å²) in [6, 6.07) is 0. The molecule has 0 bridgehead atoms. The zero-order valence-corrected chi connectivity index (χ0v) is 12.5. The predicted octanol–water partition coefficient (Wildman–Crippen LogP) is 1.56. The van der Waals surface area contributed by atoms with E-state index in [1.165, 1.54) is 0 Å². The van der Waals surface area contributed by atoms with Crippen molar-refractivity contribution in [2.75, 3.05) is 6.54 Å². The van der Waals surface area contributed by atoms with Crippen LogP contribution in [0.2, 0.25) is 0 Å². The average Bonchev–Trinajstić information content (AvgIpc) is 3.15. The highest BCUT2D eigenvalue weighted by molar-refractivity contribution is 5.86. The zero-order chi connectivity index (χ0) is 14.3. The van der Waals surface area contributed by atoms with Gasteiger partial charge in [-0.2, -0.15) is 0 Å². The van der Waals surface area contributed by atoms with Crippen LogP contribution in [0, 0.1) is 11.3 Å². The summed E-state index contributed by atoms with van der Waals surface area (Å²) in [5.41, 5.74) is 4.87. The molecule has 0 radical (unpaired) electrons. The quantitative estimate of drug-likeness (QED) is 0.724. The van der Waals surface area contributed by atoms with Gasteiger partial charge in [0.05, 0.1) is 11.1 Å². The summed E-state index contributed by atoms with van der Waals surface area (Å²) in [6.07, 6.45) is 5.59. The first-order chi connectivity index (χ1) is 8.65. The van der Waals surface area contributed by atoms with E-state index in [1.807, 2.05) is 0 Å². The molecule has 1 atom stereocenters. The third-order valence-corrected chi connectivity index (χ3v) is 5.03. The van der Waals surface area contributed by atoms with Crippen molar-refractivity contribution in [1.29, 1.82) is 0 Å². The normalized spacial score (nSPS) is 28.5. The van der Waals surface area contributed by atoms with E-state index in [0.29, 0.717) is 17.9 Å². The molecule has 0 spiro atoms. The van der Waals surface area contributed by atoms with Gasteiger partial charge in [0.1, 0.15) is 0 Å². The van der Waals surface area contributed by atoms with Crippen LogP contribution in [0.1, 0.15) is 59.3 Å². The molecule has 0 aliphatic heterocycles. The molecule has 0 heterocycles. The number of nitrogens with two attached hydrogens (primary N) is 1. The molecular formula is C15H28N2O2. The molecule has 110 valence electrons. The molecule has 2 fully saturated rings. The summed E-state index contributed by atoms with van der Waals surface area (Å²) in [5.74, 6) is 0.195. The maximum Gasteiger partial charge on any atom is 0.240 e. The molecule has 4 nitrogen and oxygen atoms in total. The lowest BCUT2D eigenvalue weighted by Gasteiger charge is -2.40. The predicted molar refractivity (Wildman–Crippen MR) is 75.5 cm³/mol. The topological polar surface area (TPSA) is 75.3 Å². The fraction of sp³-hybridized carbons (Fsp3) is 0.933. The van der Waals surface area contributed by atoms with Crippen LogP contribution in [-0.2, 0) is 4.79 Å². The van der Waals surface area contributed by atoms with Crippen LogP contribution < -0.4 is 11.1 Å². The second-order valence-electron chi connectivity index (χ2n) is 7.63. The Bertz CT molecular complexity index is 349. The van der Waals surface area contributed by atoms with E-state index < -0.39 is 11.1 Å². The van der Waals surface area contributed by atoms with E-state index in [4.69, 9.17) is 5.73 Å². The number of carbonyl (C=O) groups excluding carboxylic acids is 1. The van der Waals surface area contributed by atoms with Gasteiger partial charge in [-0.15, -0.1) is 0 Å². The third kappa shape index (κ3) is 3.48. The monoisotopic (exact) mass is 268 g/mol. The summed E-state index contributed by atoms with van der Waals surface area (Å²) >= 11 is 0. The first-order valence-corrected chi connectivity index (χ1v) is 7.44. The van der Waals surface area contributed by atoms with Crippen molar-refractivity contribution in [2.45, 2.75) is 70.4 Å². The molecule has 2 rings (SSSR count). The summed E-state index contributed by atoms with van der Waals surface area (Å²) in [5, 5.41) is 13.4. The lowest BCUT2D eigenvalue weighted by molar-refractivity contribution is -0.128. The molecule has 2 saturated carbocycles. The van der Waals surface area contributed by atoms with Crippen LogP contribution in [-0.4, -0.2) is 28.7 Å². The van der Waals surface area contributed by atoms with Gasteiger partial charge in [0.25, 0.3) is 0 Å². The number of rotatable bonds is 4. The van der Waals surface area contributed by atoms with Crippen molar-refractivity contribution < 1.29 is 9.90 Å². The number of carbonyl (C=O) groups is 1. The fourth-order valence-electron chi connectivity index (χ4n) is 2.87. The van der Waals surface area contributed by atoms with E-state index >= 15 is 0 Å². The molecule has 2 aliphatic rings. The van der Waals surface area contributed by atoms with E-state index in [2.05, 4.69) is 19.2 Å². The second kappa shape index (κ2) is 4.74. The van der Waals surface area contributed by atoms with Crippen molar-refractivity contribution >= 4 is 5.91 Å². The Balaban J connectivity index is 1.83. The van der Waals surface area contributed by atoms with Crippen LogP contribution in [0.15, 0.2) is 0 Å². The first-order valence-electron chi connectivity index (χ1n) is 7.44.